The van der Waals surface area contributed by atoms with Crippen LogP contribution < -0.4 is 0 Å². The van der Waals surface area contributed by atoms with Gasteiger partial charge in [-0.1, -0.05) is 69.6 Å². The summed E-state index contributed by atoms with van der Waals surface area (Å²) in [5.41, 5.74) is 0.643. The van der Waals surface area contributed by atoms with Crippen LogP contribution in [0.2, 0.25) is 39.3 Å². The topological polar surface area (TPSA) is 43.4 Å². The van der Waals surface area contributed by atoms with E-state index in [0.717, 1.165) is 5.20 Å². The molecule has 0 fully saturated rings. The van der Waals surface area contributed by atoms with Crippen molar-refractivity contribution in [1.29, 1.82) is 0 Å². The molecule has 1 aromatic rings. The Morgan fingerprint density at radius 2 is 1.35 bits per heavy atom. The lowest BCUT2D eigenvalue weighted by atomic mass is 10.1. The summed E-state index contributed by atoms with van der Waals surface area (Å²) in [7, 11) is -4.07. The van der Waals surface area contributed by atoms with Gasteiger partial charge in [0.1, 0.15) is 0 Å². The van der Waals surface area contributed by atoms with Crippen molar-refractivity contribution in [3.8, 4) is 0 Å². The Labute approximate surface area is 141 Å². The number of carbonyl (C=O) groups excluding carboxylic acids is 2. The molecule has 0 amide bonds. The molecule has 0 aliphatic rings. The first-order chi connectivity index (χ1) is 10.5. The van der Waals surface area contributed by atoms with E-state index < -0.39 is 16.1 Å². The zero-order chi connectivity index (χ0) is 17.8. The van der Waals surface area contributed by atoms with Gasteiger partial charge in [-0.15, -0.1) is 0 Å². The van der Waals surface area contributed by atoms with Crippen LogP contribution in [0.5, 0.6) is 0 Å². The van der Waals surface area contributed by atoms with Crippen LogP contribution in [0.1, 0.15) is 17.3 Å². The van der Waals surface area contributed by atoms with Crippen molar-refractivity contribution in [2.24, 2.45) is 0 Å². The van der Waals surface area contributed by atoms with Crippen molar-refractivity contribution < 1.29 is 14.3 Å². The molecule has 0 aliphatic heterocycles. The van der Waals surface area contributed by atoms with Crippen molar-refractivity contribution in [2.75, 3.05) is 6.61 Å². The zero-order valence-electron chi connectivity index (χ0n) is 15.3. The Hall–Kier alpha value is -1.47. The molecule has 0 saturated carbocycles. The van der Waals surface area contributed by atoms with Gasteiger partial charge >= 0.3 is 5.97 Å². The molecule has 0 spiro atoms. The van der Waals surface area contributed by atoms with Crippen LogP contribution in [0.25, 0.3) is 0 Å². The lowest BCUT2D eigenvalue weighted by Gasteiger charge is -2.29. The Morgan fingerprint density at radius 3 is 1.74 bits per heavy atom. The van der Waals surface area contributed by atoms with E-state index in [9.17, 15) is 9.59 Å². The minimum atomic E-state index is -2.04. The predicted octanol–water partition coefficient (Wildman–Crippen LogP) is 4.48. The highest BCUT2D eigenvalue weighted by Crippen LogP contribution is 2.29. The van der Waals surface area contributed by atoms with Gasteiger partial charge in [0, 0.05) is 10.8 Å². The third-order valence-electron chi connectivity index (χ3n) is 3.49. The van der Waals surface area contributed by atoms with Gasteiger partial charge in [0.25, 0.3) is 0 Å². The quantitative estimate of drug-likeness (QED) is 0.329. The van der Waals surface area contributed by atoms with Crippen LogP contribution in [0.3, 0.4) is 0 Å². The summed E-state index contributed by atoms with van der Waals surface area (Å²) in [6, 6.07) is 9.23. The van der Waals surface area contributed by atoms with E-state index in [-0.39, 0.29) is 11.8 Å². The molecule has 1 rings (SSSR count). The Balaban J connectivity index is 3.65. The number of hydrogen-bond donors (Lipinski definition) is 0. The maximum atomic E-state index is 13.2. The molecule has 0 radical (unpaired) electrons. The molecule has 1 aromatic carbocycles. The number of ether oxygens (including phenoxy) is 1. The van der Waals surface area contributed by atoms with E-state index in [1.165, 1.54) is 0 Å². The molecule has 0 unspecified atom stereocenters. The lowest BCUT2D eigenvalue weighted by molar-refractivity contribution is -0.137. The van der Waals surface area contributed by atoms with E-state index in [0.29, 0.717) is 17.4 Å². The maximum absolute atomic E-state index is 13.2. The highest BCUT2D eigenvalue weighted by atomic mass is 28.3. The van der Waals surface area contributed by atoms with E-state index >= 15 is 0 Å². The summed E-state index contributed by atoms with van der Waals surface area (Å²) < 4.78 is 5.30. The molecule has 0 saturated heterocycles. The molecule has 0 N–H and O–H groups in total. The van der Waals surface area contributed by atoms with Gasteiger partial charge in [-0.3, -0.25) is 4.79 Å². The Morgan fingerprint density at radius 1 is 0.870 bits per heavy atom. The summed E-state index contributed by atoms with van der Waals surface area (Å²) in [4.78, 5) is 25.8. The first-order valence-corrected chi connectivity index (χ1v) is 15.0. The molecule has 0 atom stereocenters. The van der Waals surface area contributed by atoms with Crippen LogP contribution in [-0.4, -0.2) is 34.5 Å². The molecule has 3 nitrogen and oxygen atoms in total. The van der Waals surface area contributed by atoms with Crippen molar-refractivity contribution in [3.05, 3.63) is 46.3 Å². The van der Waals surface area contributed by atoms with E-state index in [1.54, 1.807) is 6.92 Å². The molecule has 0 aliphatic carbocycles. The van der Waals surface area contributed by atoms with Crippen molar-refractivity contribution in [3.63, 3.8) is 0 Å². The second-order valence-electron chi connectivity index (χ2n) is 7.67. The first kappa shape index (κ1) is 19.6. The third kappa shape index (κ3) is 5.01. The summed E-state index contributed by atoms with van der Waals surface area (Å²) in [5.74, 6) is -0.330. The molecular weight excluding hydrogens is 320 g/mol. The van der Waals surface area contributed by atoms with Gasteiger partial charge in [0.05, 0.1) is 22.8 Å². The van der Waals surface area contributed by atoms with E-state index in [1.807, 2.05) is 30.3 Å². The number of allylic oxidation sites excluding steroid dienone is 1. The number of carbonyl (C=O) groups is 2. The fourth-order valence-corrected chi connectivity index (χ4v) is 8.03. The largest absolute Gasteiger partial charge is 0.463 e. The highest BCUT2D eigenvalue weighted by molar-refractivity contribution is 6.94. The highest BCUT2D eigenvalue weighted by Gasteiger charge is 2.38. The first-order valence-electron chi connectivity index (χ1n) is 8.02. The maximum Gasteiger partial charge on any atom is 0.329 e. The van der Waals surface area contributed by atoms with Gasteiger partial charge < -0.3 is 4.74 Å². The van der Waals surface area contributed by atoms with Crippen molar-refractivity contribution in [2.45, 2.75) is 46.2 Å². The number of Topliss-reactive ketones (excluding diaryl/α,β-unsaturated/α-hetero) is 1. The van der Waals surface area contributed by atoms with Gasteiger partial charge in [-0.25, -0.2) is 4.79 Å². The van der Waals surface area contributed by atoms with Crippen molar-refractivity contribution >= 4 is 27.9 Å². The van der Waals surface area contributed by atoms with Gasteiger partial charge in [-0.2, -0.15) is 0 Å². The summed E-state index contributed by atoms with van der Waals surface area (Å²) >= 11 is 0. The fraction of sp³-hybridized carbons (Fsp3) is 0.444. The number of ketones is 1. The summed E-state index contributed by atoms with van der Waals surface area (Å²) in [6.45, 7) is 14.7. The van der Waals surface area contributed by atoms with Crippen molar-refractivity contribution in [1.82, 2.24) is 0 Å². The molecule has 126 valence electrons. The SMILES string of the molecule is CCOC(=O)/C(=C(/C(=O)c1ccccc1)[Si](C)(C)C)[Si](C)(C)C. The van der Waals surface area contributed by atoms with Crippen LogP contribution in [0.15, 0.2) is 40.7 Å². The van der Waals surface area contributed by atoms with Crippen LogP contribution in [0, 0.1) is 0 Å². The van der Waals surface area contributed by atoms with E-state index in [4.69, 9.17) is 4.74 Å². The second kappa shape index (κ2) is 7.40. The molecule has 0 aromatic heterocycles. The number of rotatable bonds is 6. The monoisotopic (exact) mass is 348 g/mol. The smallest absolute Gasteiger partial charge is 0.329 e. The van der Waals surface area contributed by atoms with Crippen LogP contribution >= 0.6 is 0 Å². The minimum Gasteiger partial charge on any atom is -0.463 e. The van der Waals surface area contributed by atoms with Gasteiger partial charge in [-0.05, 0) is 12.1 Å². The Bertz CT molecular complexity index is 605. The summed E-state index contributed by atoms with van der Waals surface area (Å²) in [6.07, 6.45) is 0. The van der Waals surface area contributed by atoms with E-state index in [2.05, 4.69) is 39.3 Å². The summed E-state index contributed by atoms with van der Waals surface area (Å²) in [5, 5.41) is 1.38. The lowest BCUT2D eigenvalue weighted by Crippen LogP contribution is -2.41. The molecular formula is C18H28O3Si2. The minimum absolute atomic E-state index is 0.0183. The molecule has 23 heavy (non-hydrogen) atoms. The fourth-order valence-electron chi connectivity index (χ4n) is 2.55. The number of esters is 1. The molecule has 0 heterocycles. The average molecular weight is 349 g/mol. The van der Waals surface area contributed by atoms with Gasteiger partial charge in [0.2, 0.25) is 0 Å². The zero-order valence-corrected chi connectivity index (χ0v) is 17.3. The normalized spacial score (nSPS) is 13.3. The standard InChI is InChI=1S/C18H28O3Si2/c1-8-21-18(20)17(23(5,6)7)16(22(2,3)4)15(19)14-12-10-9-11-13-14/h9-13H,8H2,1-7H3/b17-16+. The third-order valence-corrected chi connectivity index (χ3v) is 7.67. The molecule has 0 bridgehead atoms. The molecule has 5 heteroatoms. The number of benzene rings is 1. The van der Waals surface area contributed by atoms with Gasteiger partial charge in [0.15, 0.2) is 5.78 Å². The Kier molecular flexibility index (Phi) is 6.30. The average Bonchev–Trinajstić information content (AvgIpc) is 2.42. The van der Waals surface area contributed by atoms with Crippen LogP contribution in [0.4, 0.5) is 0 Å². The predicted molar refractivity (Wildman–Crippen MR) is 101 cm³/mol. The second-order valence-corrected chi connectivity index (χ2v) is 17.7. The number of hydrogen-bond acceptors (Lipinski definition) is 3. The van der Waals surface area contributed by atoms with Crippen LogP contribution in [-0.2, 0) is 9.53 Å².